The smallest absolute Gasteiger partial charge is 0.320 e. The molecule has 37 heavy (non-hydrogen) atoms. The second-order valence-corrected chi connectivity index (χ2v) is 11.7. The molecule has 208 valence electrons. The van der Waals surface area contributed by atoms with Gasteiger partial charge in [-0.05, 0) is 69.7 Å². The van der Waals surface area contributed by atoms with Crippen LogP contribution in [0.3, 0.4) is 0 Å². The van der Waals surface area contributed by atoms with Crippen molar-refractivity contribution < 1.29 is 33.7 Å². The third-order valence-electron chi connectivity index (χ3n) is 10.3. The summed E-state index contributed by atoms with van der Waals surface area (Å²) in [4.78, 5) is 39.6. The molecule has 0 radical (unpaired) electrons. The molecule has 0 aliphatic heterocycles. The number of rotatable bonds is 7. The molecule has 4 aliphatic carbocycles. The average molecular weight is 542 g/mol. The zero-order chi connectivity index (χ0) is 26.7. The van der Waals surface area contributed by atoms with Crippen LogP contribution in [0.5, 0.6) is 0 Å². The number of ether oxygens (including phenoxy) is 1. The van der Waals surface area contributed by atoms with Gasteiger partial charge in [0.2, 0.25) is 5.78 Å². The van der Waals surface area contributed by atoms with Gasteiger partial charge in [-0.3, -0.25) is 19.3 Å². The predicted molar refractivity (Wildman–Crippen MR) is 139 cm³/mol. The highest BCUT2D eigenvalue weighted by molar-refractivity contribution is 6.01. The number of esters is 1. The zero-order valence-corrected chi connectivity index (χ0v) is 23.3. The Balaban J connectivity index is 0.00000380. The van der Waals surface area contributed by atoms with Crippen LogP contribution < -0.4 is 0 Å². The lowest BCUT2D eigenvalue weighted by Gasteiger charge is -2.62. The van der Waals surface area contributed by atoms with Crippen LogP contribution in [0.25, 0.3) is 0 Å². The summed E-state index contributed by atoms with van der Waals surface area (Å²) in [7, 11) is 0. The van der Waals surface area contributed by atoms with Crippen molar-refractivity contribution in [3.8, 4) is 0 Å². The molecule has 4 aliphatic rings. The number of hydrogen-bond donors (Lipinski definition) is 2. The summed E-state index contributed by atoms with van der Waals surface area (Å²) >= 11 is 0. The lowest BCUT2D eigenvalue weighted by Crippen LogP contribution is -2.69. The fraction of sp³-hybridized carbons (Fsp3) is 0.750. The van der Waals surface area contributed by atoms with Gasteiger partial charge >= 0.3 is 5.97 Å². The minimum atomic E-state index is -2.03. The molecule has 0 aromatic rings. The van der Waals surface area contributed by atoms with Crippen LogP contribution in [-0.2, 0) is 19.1 Å². The van der Waals surface area contributed by atoms with Crippen LogP contribution >= 0.6 is 12.4 Å². The zero-order valence-electron chi connectivity index (χ0n) is 22.5. The third-order valence-corrected chi connectivity index (χ3v) is 10.3. The van der Waals surface area contributed by atoms with Crippen LogP contribution in [0.4, 0.5) is 4.39 Å². The molecule has 0 aromatic heterocycles. The molecule has 7 nitrogen and oxygen atoms in total. The monoisotopic (exact) mass is 541 g/mol. The summed E-state index contributed by atoms with van der Waals surface area (Å²) in [5.74, 6) is -2.76. The van der Waals surface area contributed by atoms with Crippen molar-refractivity contribution in [1.82, 2.24) is 4.90 Å². The van der Waals surface area contributed by atoms with Gasteiger partial charge in [-0.1, -0.05) is 39.3 Å². The minimum absolute atomic E-state index is 0. The number of likely N-dealkylation sites (N-methyl/N-ethyl adjacent to an activating group) is 1. The van der Waals surface area contributed by atoms with Gasteiger partial charge in [-0.2, -0.15) is 0 Å². The quantitative estimate of drug-likeness (QED) is 0.477. The fourth-order valence-electron chi connectivity index (χ4n) is 8.07. The Bertz CT molecular complexity index is 1010. The number of allylic oxidation sites excluding steroid dienone is 4. The molecule has 0 saturated heterocycles. The van der Waals surface area contributed by atoms with Gasteiger partial charge < -0.3 is 14.9 Å². The number of nitrogens with zero attached hydrogens (tertiary/aromatic N) is 1. The Morgan fingerprint density at radius 3 is 2.49 bits per heavy atom. The number of Topliss-reactive ketones (excluding diaryl/α,β-unsaturated/α-hetero) is 1. The normalized spacial score (nSPS) is 42.3. The summed E-state index contributed by atoms with van der Waals surface area (Å²) in [6.07, 6.45) is 4.28. The largest absolute Gasteiger partial charge is 0.457 e. The van der Waals surface area contributed by atoms with Gasteiger partial charge in [0, 0.05) is 16.7 Å². The van der Waals surface area contributed by atoms with Gasteiger partial charge in [0.05, 0.1) is 12.6 Å². The number of alkyl halides is 1. The molecule has 3 saturated carbocycles. The average Bonchev–Trinajstić information content (AvgIpc) is 3.03. The standard InChI is InChI=1S/C28H40FNO6.ClH/c1-6-30(7-2)15-24(34)36-16-23(33)28(35)17(3)12-21-20-9-8-18-13-19(31)10-11-25(18,4)27(20,29)22(32)14-26(21,28)5;/h10-11,13,17,20-22,32,35H,6-9,12,14-16H2,1-5H3;1H/t17-,20?,21?,22-,25-,26-,27?,28-;/m0./s1. The van der Waals surface area contributed by atoms with Crippen molar-refractivity contribution in [2.45, 2.75) is 77.7 Å². The molecular formula is C28H41ClFNO6. The highest BCUT2D eigenvalue weighted by Crippen LogP contribution is 2.70. The van der Waals surface area contributed by atoms with Crippen molar-refractivity contribution >= 4 is 29.9 Å². The van der Waals surface area contributed by atoms with E-state index >= 15 is 4.39 Å². The molecule has 0 spiro atoms. The maximum absolute atomic E-state index is 17.2. The maximum atomic E-state index is 17.2. The van der Waals surface area contributed by atoms with E-state index in [-0.39, 0.29) is 37.1 Å². The SMILES string of the molecule is CCN(CC)CC(=O)OCC(=O)[C@@]1(O)[C@@H](C)CC2C3CCC4=CC(=O)C=C[C@]4(C)C3(F)[C@@H](O)C[C@@]21C.Cl. The van der Waals surface area contributed by atoms with Gasteiger partial charge in [0.1, 0.15) is 5.60 Å². The fourth-order valence-corrected chi connectivity index (χ4v) is 8.07. The lowest BCUT2D eigenvalue weighted by atomic mass is 9.44. The first-order valence-corrected chi connectivity index (χ1v) is 13.2. The molecule has 4 rings (SSSR count). The molecule has 0 amide bonds. The Morgan fingerprint density at radius 1 is 1.22 bits per heavy atom. The second-order valence-electron chi connectivity index (χ2n) is 11.7. The van der Waals surface area contributed by atoms with E-state index in [2.05, 4.69) is 0 Å². The van der Waals surface area contributed by atoms with E-state index in [0.717, 1.165) is 0 Å². The van der Waals surface area contributed by atoms with Crippen LogP contribution in [0, 0.1) is 28.6 Å². The molecule has 0 aromatic carbocycles. The molecule has 0 heterocycles. The first-order valence-electron chi connectivity index (χ1n) is 13.2. The Labute approximate surface area is 224 Å². The Morgan fingerprint density at radius 2 is 1.86 bits per heavy atom. The summed E-state index contributed by atoms with van der Waals surface area (Å²) < 4.78 is 22.5. The first kappa shape index (κ1) is 29.9. The van der Waals surface area contributed by atoms with Crippen molar-refractivity contribution in [2.24, 2.45) is 28.6 Å². The highest BCUT2D eigenvalue weighted by Gasteiger charge is 2.75. The molecule has 0 bridgehead atoms. The van der Waals surface area contributed by atoms with Gasteiger partial charge in [-0.25, -0.2) is 4.39 Å². The summed E-state index contributed by atoms with van der Waals surface area (Å²) in [6.45, 7) is 9.99. The first-order chi connectivity index (χ1) is 16.8. The van der Waals surface area contributed by atoms with Crippen molar-refractivity contribution in [3.63, 3.8) is 0 Å². The van der Waals surface area contributed by atoms with Crippen molar-refractivity contribution in [3.05, 3.63) is 23.8 Å². The van der Waals surface area contributed by atoms with Gasteiger partial charge in [0.15, 0.2) is 18.1 Å². The topological polar surface area (TPSA) is 104 Å². The van der Waals surface area contributed by atoms with Crippen LogP contribution in [0.15, 0.2) is 23.8 Å². The Kier molecular flexibility index (Phi) is 8.23. The van der Waals surface area contributed by atoms with Gasteiger partial charge in [0.25, 0.3) is 0 Å². The predicted octanol–water partition coefficient (Wildman–Crippen LogP) is 3.21. The maximum Gasteiger partial charge on any atom is 0.320 e. The van der Waals surface area contributed by atoms with E-state index < -0.39 is 58.4 Å². The number of fused-ring (bicyclic) bond motifs is 5. The van der Waals surface area contributed by atoms with E-state index in [4.69, 9.17) is 4.74 Å². The molecule has 8 atom stereocenters. The number of ketones is 2. The molecule has 3 unspecified atom stereocenters. The summed E-state index contributed by atoms with van der Waals surface area (Å²) in [6, 6.07) is 0. The molecular weight excluding hydrogens is 501 g/mol. The van der Waals surface area contributed by atoms with Crippen LogP contribution in [0.2, 0.25) is 0 Å². The Hall–Kier alpha value is -1.61. The van der Waals surface area contributed by atoms with Crippen molar-refractivity contribution in [1.29, 1.82) is 0 Å². The van der Waals surface area contributed by atoms with E-state index in [1.807, 2.05) is 18.7 Å². The van der Waals surface area contributed by atoms with Crippen molar-refractivity contribution in [2.75, 3.05) is 26.2 Å². The number of hydrogen-bond acceptors (Lipinski definition) is 7. The van der Waals surface area contributed by atoms with Crippen LogP contribution in [0.1, 0.15) is 60.3 Å². The van der Waals surface area contributed by atoms with E-state index in [1.54, 1.807) is 26.8 Å². The third kappa shape index (κ3) is 4.14. The molecule has 2 N–H and O–H groups in total. The number of aliphatic hydroxyl groups excluding tert-OH is 1. The number of halogens is 2. The highest BCUT2D eigenvalue weighted by atomic mass is 35.5. The number of aliphatic hydroxyl groups is 2. The summed E-state index contributed by atoms with van der Waals surface area (Å²) in [5, 5.41) is 23.3. The van der Waals surface area contributed by atoms with E-state index in [9.17, 15) is 24.6 Å². The van der Waals surface area contributed by atoms with E-state index in [0.29, 0.717) is 37.9 Å². The number of carbonyl (C=O) groups is 3. The second kappa shape index (κ2) is 10.2. The number of carbonyl (C=O) groups excluding carboxylic acids is 3. The minimum Gasteiger partial charge on any atom is -0.457 e. The van der Waals surface area contributed by atoms with E-state index in [1.165, 1.54) is 12.2 Å². The lowest BCUT2D eigenvalue weighted by molar-refractivity contribution is -0.220. The van der Waals surface area contributed by atoms with Crippen LogP contribution in [-0.4, -0.2) is 76.3 Å². The molecule has 9 heteroatoms. The molecule has 3 fully saturated rings. The van der Waals surface area contributed by atoms with Gasteiger partial charge in [-0.15, -0.1) is 12.4 Å². The summed E-state index contributed by atoms with van der Waals surface area (Å²) in [5.41, 5.74) is -5.40.